The van der Waals surface area contributed by atoms with E-state index in [1.165, 1.54) is 23.8 Å². The van der Waals surface area contributed by atoms with E-state index in [9.17, 15) is 4.39 Å². The van der Waals surface area contributed by atoms with E-state index in [1.807, 2.05) is 18.2 Å². The van der Waals surface area contributed by atoms with Gasteiger partial charge in [0, 0.05) is 41.1 Å². The van der Waals surface area contributed by atoms with Crippen molar-refractivity contribution in [3.63, 3.8) is 0 Å². The Bertz CT molecular complexity index is 734. The molecule has 26 heavy (non-hydrogen) atoms. The molecule has 1 aromatic carbocycles. The smallest absolute Gasteiger partial charge is 0.131 e. The van der Waals surface area contributed by atoms with Crippen LogP contribution in [0.25, 0.3) is 10.4 Å². The zero-order chi connectivity index (χ0) is 17.9. The van der Waals surface area contributed by atoms with Gasteiger partial charge in [0.05, 0.1) is 6.10 Å². The first-order chi connectivity index (χ1) is 12.7. The molecule has 3 nitrogen and oxygen atoms in total. The lowest BCUT2D eigenvalue weighted by Gasteiger charge is -2.39. The molecule has 4 rings (SSSR count). The van der Waals surface area contributed by atoms with Crippen molar-refractivity contribution in [1.29, 1.82) is 0 Å². The van der Waals surface area contributed by atoms with Crippen LogP contribution in [0.1, 0.15) is 30.6 Å². The Kier molecular flexibility index (Phi) is 5.69. The lowest BCUT2D eigenvalue weighted by atomic mass is 9.87. The molecule has 2 aromatic rings. The van der Waals surface area contributed by atoms with E-state index in [2.05, 4.69) is 11.0 Å². The largest absolute Gasteiger partial charge is 0.378 e. The Balaban J connectivity index is 1.39. The molecule has 0 aliphatic carbocycles. The lowest BCUT2D eigenvalue weighted by molar-refractivity contribution is -0.0476. The van der Waals surface area contributed by atoms with Gasteiger partial charge in [-0.2, -0.15) is 0 Å². The molecular formula is C21H27FN2OS. The van der Waals surface area contributed by atoms with E-state index in [0.717, 1.165) is 44.0 Å². The zero-order valence-corrected chi connectivity index (χ0v) is 15.9. The fraction of sp³-hybridized carbons (Fsp3) is 0.524. The molecule has 3 heterocycles. The molecule has 0 radical (unpaired) electrons. The average Bonchev–Trinajstić information content (AvgIpc) is 3.10. The monoisotopic (exact) mass is 374 g/mol. The minimum atomic E-state index is -0.148. The fourth-order valence-corrected chi connectivity index (χ4v) is 5.29. The summed E-state index contributed by atoms with van der Waals surface area (Å²) in [5.41, 5.74) is 6.84. The first-order valence-electron chi connectivity index (χ1n) is 9.62. The highest BCUT2D eigenvalue weighted by molar-refractivity contribution is 7.15. The molecule has 140 valence electrons. The van der Waals surface area contributed by atoms with E-state index in [4.69, 9.17) is 10.5 Å². The van der Waals surface area contributed by atoms with E-state index in [-0.39, 0.29) is 5.82 Å². The molecule has 2 N–H and O–H groups in total. The summed E-state index contributed by atoms with van der Waals surface area (Å²) in [6, 6.07) is 11.5. The third kappa shape index (κ3) is 4.17. The van der Waals surface area contributed by atoms with Crippen molar-refractivity contribution in [2.24, 2.45) is 11.7 Å². The van der Waals surface area contributed by atoms with Crippen LogP contribution in [0.3, 0.4) is 0 Å². The van der Waals surface area contributed by atoms with Gasteiger partial charge in [-0.3, -0.25) is 4.90 Å². The number of halogens is 1. The normalized spacial score (nSPS) is 27.5. The molecule has 2 saturated heterocycles. The van der Waals surface area contributed by atoms with Crippen molar-refractivity contribution in [2.75, 3.05) is 19.7 Å². The SMILES string of the molecule is NC1CCOC(C2CCCN(Cc3ccc(-c4ccccc4F)s3)C2)C1. The van der Waals surface area contributed by atoms with Gasteiger partial charge in [-0.15, -0.1) is 11.3 Å². The Labute approximate surface area is 159 Å². The Morgan fingerprint density at radius 2 is 2.08 bits per heavy atom. The van der Waals surface area contributed by atoms with Crippen molar-refractivity contribution in [2.45, 2.75) is 44.4 Å². The number of thiophene rings is 1. The third-order valence-corrected chi connectivity index (χ3v) is 6.71. The Hall–Kier alpha value is -1.27. The molecule has 0 spiro atoms. The summed E-state index contributed by atoms with van der Waals surface area (Å²) >= 11 is 1.70. The van der Waals surface area contributed by atoms with E-state index >= 15 is 0 Å². The maximum atomic E-state index is 14.0. The van der Waals surface area contributed by atoms with Crippen LogP contribution in [-0.4, -0.2) is 36.7 Å². The number of rotatable bonds is 4. The van der Waals surface area contributed by atoms with Crippen molar-refractivity contribution >= 4 is 11.3 Å². The van der Waals surface area contributed by atoms with E-state index < -0.39 is 0 Å². The molecule has 2 aliphatic heterocycles. The quantitative estimate of drug-likeness (QED) is 0.868. The highest BCUT2D eigenvalue weighted by Gasteiger charge is 2.31. The molecule has 2 fully saturated rings. The molecule has 5 heteroatoms. The van der Waals surface area contributed by atoms with Gasteiger partial charge >= 0.3 is 0 Å². The summed E-state index contributed by atoms with van der Waals surface area (Å²) in [5, 5.41) is 0. The predicted molar refractivity (Wildman–Crippen MR) is 105 cm³/mol. The lowest BCUT2D eigenvalue weighted by Crippen LogP contribution is -2.45. The summed E-state index contributed by atoms with van der Waals surface area (Å²) in [5.74, 6) is 0.436. The van der Waals surface area contributed by atoms with Crippen LogP contribution in [0.2, 0.25) is 0 Å². The van der Waals surface area contributed by atoms with Gasteiger partial charge in [0.25, 0.3) is 0 Å². The van der Waals surface area contributed by atoms with Crippen molar-refractivity contribution < 1.29 is 9.13 Å². The number of hydrogen-bond acceptors (Lipinski definition) is 4. The minimum absolute atomic E-state index is 0.148. The topological polar surface area (TPSA) is 38.5 Å². The maximum absolute atomic E-state index is 14.0. The third-order valence-electron chi connectivity index (χ3n) is 5.60. The van der Waals surface area contributed by atoms with Crippen LogP contribution in [0.5, 0.6) is 0 Å². The molecular weight excluding hydrogens is 347 g/mol. The number of nitrogens with zero attached hydrogens (tertiary/aromatic N) is 1. The number of nitrogens with two attached hydrogens (primary N) is 1. The molecule has 3 unspecified atom stereocenters. The predicted octanol–water partition coefficient (Wildman–Crippen LogP) is 4.27. The van der Waals surface area contributed by atoms with Gasteiger partial charge in [0.1, 0.15) is 5.82 Å². The van der Waals surface area contributed by atoms with Gasteiger partial charge < -0.3 is 10.5 Å². The van der Waals surface area contributed by atoms with Crippen LogP contribution in [0, 0.1) is 11.7 Å². The first kappa shape index (κ1) is 18.1. The molecule has 2 aliphatic rings. The molecule has 1 aromatic heterocycles. The molecule has 3 atom stereocenters. The van der Waals surface area contributed by atoms with Crippen LogP contribution >= 0.6 is 11.3 Å². The van der Waals surface area contributed by atoms with Gasteiger partial charge in [-0.25, -0.2) is 4.39 Å². The maximum Gasteiger partial charge on any atom is 0.131 e. The summed E-state index contributed by atoms with van der Waals surface area (Å²) in [4.78, 5) is 4.83. The van der Waals surface area contributed by atoms with Crippen LogP contribution in [-0.2, 0) is 11.3 Å². The summed E-state index contributed by atoms with van der Waals surface area (Å²) in [6.45, 7) is 3.94. The second kappa shape index (κ2) is 8.17. The van der Waals surface area contributed by atoms with Crippen LogP contribution < -0.4 is 5.73 Å². The average molecular weight is 375 g/mol. The second-order valence-corrected chi connectivity index (χ2v) is 8.75. The number of piperidine rings is 1. The van der Waals surface area contributed by atoms with Gasteiger partial charge in [0.15, 0.2) is 0 Å². The van der Waals surface area contributed by atoms with Gasteiger partial charge in [-0.1, -0.05) is 18.2 Å². The molecule has 0 bridgehead atoms. The highest BCUT2D eigenvalue weighted by Crippen LogP contribution is 2.32. The summed E-state index contributed by atoms with van der Waals surface area (Å²) in [6.07, 6.45) is 4.75. The zero-order valence-electron chi connectivity index (χ0n) is 15.1. The van der Waals surface area contributed by atoms with Crippen molar-refractivity contribution in [3.8, 4) is 10.4 Å². The van der Waals surface area contributed by atoms with Crippen LogP contribution in [0.15, 0.2) is 36.4 Å². The highest BCUT2D eigenvalue weighted by atomic mass is 32.1. The summed E-state index contributed by atoms with van der Waals surface area (Å²) in [7, 11) is 0. The molecule has 0 saturated carbocycles. The van der Waals surface area contributed by atoms with Crippen molar-refractivity contribution in [1.82, 2.24) is 4.90 Å². The number of benzene rings is 1. The Morgan fingerprint density at radius 3 is 2.92 bits per heavy atom. The number of ether oxygens (including phenoxy) is 1. The Morgan fingerprint density at radius 1 is 1.19 bits per heavy atom. The van der Waals surface area contributed by atoms with Gasteiger partial charge in [-0.05, 0) is 56.3 Å². The standard InChI is InChI=1S/C21H27FN2OS/c22-19-6-2-1-5-18(19)21-8-7-17(26-21)14-24-10-3-4-15(13-24)20-12-16(23)9-11-25-20/h1-2,5-8,15-16,20H,3-4,9-14,23H2. The minimum Gasteiger partial charge on any atom is -0.378 e. The van der Waals surface area contributed by atoms with Gasteiger partial charge in [0.2, 0.25) is 0 Å². The van der Waals surface area contributed by atoms with E-state index in [1.54, 1.807) is 17.4 Å². The summed E-state index contributed by atoms with van der Waals surface area (Å²) < 4.78 is 20.0. The van der Waals surface area contributed by atoms with Crippen LogP contribution in [0.4, 0.5) is 4.39 Å². The van der Waals surface area contributed by atoms with Crippen molar-refractivity contribution in [3.05, 3.63) is 47.1 Å². The number of likely N-dealkylation sites (tertiary alicyclic amines) is 1. The molecule has 0 amide bonds. The second-order valence-electron chi connectivity index (χ2n) is 7.58. The number of hydrogen-bond donors (Lipinski definition) is 1. The fourth-order valence-electron chi connectivity index (χ4n) is 4.21. The first-order valence-corrected chi connectivity index (χ1v) is 10.4. The van der Waals surface area contributed by atoms with E-state index in [0.29, 0.717) is 23.6 Å².